The number of halogens is 3. The van der Waals surface area contributed by atoms with Crippen LogP contribution in [0.2, 0.25) is 0 Å². The quantitative estimate of drug-likeness (QED) is 0.859. The highest BCUT2D eigenvalue weighted by molar-refractivity contribution is 5.80. The van der Waals surface area contributed by atoms with Crippen molar-refractivity contribution in [1.82, 2.24) is 10.3 Å². The van der Waals surface area contributed by atoms with E-state index in [-0.39, 0.29) is 23.1 Å². The van der Waals surface area contributed by atoms with Crippen LogP contribution in [0.15, 0.2) is 12.1 Å². The second kappa shape index (κ2) is 6.72. The summed E-state index contributed by atoms with van der Waals surface area (Å²) in [6, 6.07) is 2.30. The molecule has 0 fully saturated rings. The maximum Gasteiger partial charge on any atom is 0.433 e. The van der Waals surface area contributed by atoms with Crippen molar-refractivity contribution >= 4 is 17.4 Å². The summed E-state index contributed by atoms with van der Waals surface area (Å²) in [5.74, 6) is 0.235. The van der Waals surface area contributed by atoms with Crippen molar-refractivity contribution in [2.45, 2.75) is 53.5 Å². The lowest BCUT2D eigenvalue weighted by atomic mass is 9.92. The number of pyridine rings is 1. The van der Waals surface area contributed by atoms with Crippen molar-refractivity contribution in [3.63, 3.8) is 0 Å². The van der Waals surface area contributed by atoms with Gasteiger partial charge in [-0.15, -0.1) is 0 Å². The fourth-order valence-corrected chi connectivity index (χ4v) is 2.67. The number of nitrogens with one attached hydrogen (secondary N) is 2. The highest BCUT2D eigenvalue weighted by Gasteiger charge is 2.37. The molecule has 0 spiro atoms. The largest absolute Gasteiger partial charge is 0.433 e. The van der Waals surface area contributed by atoms with E-state index in [2.05, 4.69) is 15.6 Å². The molecule has 1 unspecified atom stereocenters. The first-order valence-electron chi connectivity index (χ1n) is 8.27. The Labute approximate surface area is 146 Å². The summed E-state index contributed by atoms with van der Waals surface area (Å²) in [6.45, 7) is 10.2. The first-order chi connectivity index (χ1) is 11.4. The molecule has 0 radical (unpaired) electrons. The van der Waals surface area contributed by atoms with E-state index in [1.165, 1.54) is 6.07 Å². The van der Waals surface area contributed by atoms with Gasteiger partial charge in [-0.2, -0.15) is 13.2 Å². The summed E-state index contributed by atoms with van der Waals surface area (Å²) in [4.78, 5) is 17.7. The zero-order valence-corrected chi connectivity index (χ0v) is 15.2. The van der Waals surface area contributed by atoms with Gasteiger partial charge in [0.25, 0.3) is 0 Å². The van der Waals surface area contributed by atoms with Gasteiger partial charge in [-0.05, 0) is 23.5 Å². The first kappa shape index (κ1) is 19.3. The van der Waals surface area contributed by atoms with Crippen LogP contribution in [0.5, 0.6) is 0 Å². The van der Waals surface area contributed by atoms with Gasteiger partial charge < -0.3 is 15.5 Å². The fraction of sp³-hybridized carbons (Fsp3) is 0.647. The number of hydrogen-bond acceptors (Lipinski definition) is 4. The lowest BCUT2D eigenvalue weighted by Gasteiger charge is -2.29. The van der Waals surface area contributed by atoms with Gasteiger partial charge in [0.2, 0.25) is 5.91 Å². The highest BCUT2D eigenvalue weighted by atomic mass is 19.4. The van der Waals surface area contributed by atoms with Crippen LogP contribution in [-0.4, -0.2) is 23.7 Å². The number of aromatic nitrogens is 1. The Morgan fingerprint density at radius 2 is 1.96 bits per heavy atom. The number of anilines is 2. The van der Waals surface area contributed by atoms with Gasteiger partial charge >= 0.3 is 6.18 Å². The molecule has 2 N–H and O–H groups in total. The summed E-state index contributed by atoms with van der Waals surface area (Å²) < 4.78 is 38.9. The molecule has 0 aromatic carbocycles. The Morgan fingerprint density at radius 1 is 1.32 bits per heavy atom. The van der Waals surface area contributed by atoms with Gasteiger partial charge in [0.15, 0.2) is 12.1 Å². The third-order valence-corrected chi connectivity index (χ3v) is 3.59. The molecule has 1 amide bonds. The molecule has 1 aromatic rings. The van der Waals surface area contributed by atoms with Gasteiger partial charge in [-0.3, -0.25) is 4.79 Å². The molecule has 0 aliphatic carbocycles. The Kier molecular flexibility index (Phi) is 5.20. The van der Waals surface area contributed by atoms with Crippen LogP contribution in [0.25, 0.3) is 0 Å². The molecule has 0 saturated carbocycles. The molecule has 2 rings (SSSR count). The molecule has 1 aromatic heterocycles. The number of carbonyl (C=O) groups excluding carboxylic acids is 1. The fourth-order valence-electron chi connectivity index (χ4n) is 2.67. The number of amides is 1. The van der Waals surface area contributed by atoms with Crippen LogP contribution in [-0.2, 0) is 11.0 Å². The maximum atomic E-state index is 13.0. The van der Waals surface area contributed by atoms with Gasteiger partial charge in [-0.25, -0.2) is 4.98 Å². The molecule has 140 valence electrons. The topological polar surface area (TPSA) is 57.3 Å². The maximum absolute atomic E-state index is 13.0. The predicted molar refractivity (Wildman–Crippen MR) is 91.0 cm³/mol. The summed E-state index contributed by atoms with van der Waals surface area (Å²) >= 11 is 0. The molecule has 1 atom stereocenters. The number of carbonyl (C=O) groups is 1. The van der Waals surface area contributed by atoms with Crippen molar-refractivity contribution in [3.8, 4) is 0 Å². The van der Waals surface area contributed by atoms with Crippen LogP contribution >= 0.6 is 0 Å². The molecule has 0 bridgehead atoms. The van der Waals surface area contributed by atoms with E-state index in [0.29, 0.717) is 18.7 Å². The third kappa shape index (κ3) is 4.99. The van der Waals surface area contributed by atoms with E-state index in [4.69, 9.17) is 0 Å². The molecule has 25 heavy (non-hydrogen) atoms. The number of fused-ring (bicyclic) bond motifs is 1. The SMILES string of the molecule is CC(C)CN1c2nc(C(F)(F)F)ccc2NC1NC(=O)CC(C)(C)C. The molecule has 0 saturated heterocycles. The Hall–Kier alpha value is -1.99. The minimum Gasteiger partial charge on any atom is -0.345 e. The van der Waals surface area contributed by atoms with Gasteiger partial charge in [0.1, 0.15) is 5.69 Å². The Bertz CT molecular complexity index is 638. The van der Waals surface area contributed by atoms with Crippen LogP contribution in [0, 0.1) is 11.3 Å². The van der Waals surface area contributed by atoms with E-state index < -0.39 is 18.2 Å². The zero-order chi connectivity index (χ0) is 19.0. The summed E-state index contributed by atoms with van der Waals surface area (Å²) in [7, 11) is 0. The van der Waals surface area contributed by atoms with E-state index in [1.807, 2.05) is 34.6 Å². The van der Waals surface area contributed by atoms with Crippen LogP contribution in [0.1, 0.15) is 46.7 Å². The molecular formula is C17H25F3N4O. The lowest BCUT2D eigenvalue weighted by molar-refractivity contribution is -0.141. The molecule has 1 aliphatic rings. The van der Waals surface area contributed by atoms with Gasteiger partial charge in [0.05, 0.1) is 5.69 Å². The molecule has 1 aliphatic heterocycles. The lowest BCUT2D eigenvalue weighted by Crippen LogP contribution is -2.51. The normalized spacial score (nSPS) is 17.5. The monoisotopic (exact) mass is 358 g/mol. The van der Waals surface area contributed by atoms with E-state index in [9.17, 15) is 18.0 Å². The average Bonchev–Trinajstić information content (AvgIpc) is 2.72. The van der Waals surface area contributed by atoms with E-state index >= 15 is 0 Å². The zero-order valence-electron chi connectivity index (χ0n) is 15.2. The number of rotatable bonds is 4. The third-order valence-electron chi connectivity index (χ3n) is 3.59. The smallest absolute Gasteiger partial charge is 0.345 e. The second-order valence-electron chi connectivity index (χ2n) is 7.96. The predicted octanol–water partition coefficient (Wildman–Crippen LogP) is 3.82. The van der Waals surface area contributed by atoms with Crippen LogP contribution < -0.4 is 15.5 Å². The highest BCUT2D eigenvalue weighted by Crippen LogP contribution is 2.37. The molecular weight excluding hydrogens is 333 g/mol. The minimum absolute atomic E-state index is 0.164. The second-order valence-corrected chi connectivity index (χ2v) is 7.96. The van der Waals surface area contributed by atoms with Crippen molar-refractivity contribution < 1.29 is 18.0 Å². The molecule has 2 heterocycles. The van der Waals surface area contributed by atoms with E-state index in [1.54, 1.807) is 4.90 Å². The summed E-state index contributed by atoms with van der Waals surface area (Å²) in [5, 5.41) is 5.90. The summed E-state index contributed by atoms with van der Waals surface area (Å²) in [6.07, 6.45) is -4.80. The molecule has 5 nitrogen and oxygen atoms in total. The Balaban J connectivity index is 2.26. The van der Waals surface area contributed by atoms with Gasteiger partial charge in [-0.1, -0.05) is 34.6 Å². The molecule has 8 heteroatoms. The van der Waals surface area contributed by atoms with Crippen molar-refractivity contribution in [2.75, 3.05) is 16.8 Å². The van der Waals surface area contributed by atoms with Crippen molar-refractivity contribution in [2.24, 2.45) is 11.3 Å². The van der Waals surface area contributed by atoms with Crippen LogP contribution in [0.3, 0.4) is 0 Å². The minimum atomic E-state index is -4.51. The first-order valence-corrected chi connectivity index (χ1v) is 8.27. The Morgan fingerprint density at radius 3 is 2.48 bits per heavy atom. The van der Waals surface area contributed by atoms with Gasteiger partial charge in [0, 0.05) is 13.0 Å². The number of alkyl halides is 3. The van der Waals surface area contributed by atoms with Crippen LogP contribution in [0.4, 0.5) is 24.7 Å². The summed E-state index contributed by atoms with van der Waals surface area (Å²) in [5.41, 5.74) is -0.640. The average molecular weight is 358 g/mol. The van der Waals surface area contributed by atoms with Crippen molar-refractivity contribution in [1.29, 1.82) is 0 Å². The number of hydrogen-bond donors (Lipinski definition) is 2. The van der Waals surface area contributed by atoms with Crippen molar-refractivity contribution in [3.05, 3.63) is 17.8 Å². The van der Waals surface area contributed by atoms with E-state index in [0.717, 1.165) is 6.07 Å². The standard InChI is InChI=1S/C17H25F3N4O/c1-10(2)9-24-14-11(6-7-12(22-14)17(18,19)20)21-15(24)23-13(25)8-16(3,4)5/h6-7,10,15,21H,8-9H2,1-5H3,(H,23,25). The number of nitrogens with zero attached hydrogens (tertiary/aromatic N) is 2.